The van der Waals surface area contributed by atoms with Crippen molar-refractivity contribution in [1.29, 1.82) is 0 Å². The number of rotatable bonds is 15. The molecule has 36 heavy (non-hydrogen) atoms. The van der Waals surface area contributed by atoms with Crippen LogP contribution in [-0.4, -0.2) is 30.0 Å². The van der Waals surface area contributed by atoms with Gasteiger partial charge in [0.05, 0.1) is 0 Å². The molecular formula is C32H50N2O2. The minimum Gasteiger partial charge on any atom is -0.490 e. The summed E-state index contributed by atoms with van der Waals surface area (Å²) < 4.78 is 6.49. The summed E-state index contributed by atoms with van der Waals surface area (Å²) in [5.41, 5.74) is 4.52. The quantitative estimate of drug-likeness (QED) is 0.142. The van der Waals surface area contributed by atoms with Crippen LogP contribution in [0.25, 0.3) is 0 Å². The van der Waals surface area contributed by atoms with E-state index >= 15 is 0 Å². The molecule has 1 N–H and O–H groups in total. The maximum Gasteiger partial charge on any atom is 0.223 e. The Bertz CT molecular complexity index is 901. The first-order chi connectivity index (χ1) is 17.1. The van der Waals surface area contributed by atoms with Gasteiger partial charge in [-0.15, -0.1) is 0 Å². The molecule has 0 aromatic rings. The average Bonchev–Trinajstić information content (AvgIpc) is 2.84. The Hall–Kier alpha value is -2.75. The van der Waals surface area contributed by atoms with Crippen molar-refractivity contribution in [3.05, 3.63) is 83.5 Å². The first-order valence-corrected chi connectivity index (χ1v) is 13.6. The first kappa shape index (κ1) is 31.3. The molecule has 0 saturated carbocycles. The van der Waals surface area contributed by atoms with Gasteiger partial charge in [0.1, 0.15) is 11.9 Å². The summed E-state index contributed by atoms with van der Waals surface area (Å²) in [6, 6.07) is 0. The molecule has 0 spiro atoms. The molecule has 1 unspecified atom stereocenters. The first-order valence-electron chi connectivity index (χ1n) is 13.6. The highest BCUT2D eigenvalue weighted by molar-refractivity contribution is 5.74. The number of carbonyl (C=O) groups excluding carboxylic acids is 1. The molecule has 200 valence electrons. The highest BCUT2D eigenvalue weighted by atomic mass is 16.5. The Kier molecular flexibility index (Phi) is 14.6. The minimum absolute atomic E-state index is 0.0230. The maximum absolute atomic E-state index is 12.4. The smallest absolute Gasteiger partial charge is 0.223 e. The van der Waals surface area contributed by atoms with Crippen molar-refractivity contribution in [3.63, 3.8) is 0 Å². The minimum atomic E-state index is 0.0230. The van der Waals surface area contributed by atoms with Crippen LogP contribution in [0.15, 0.2) is 83.5 Å². The van der Waals surface area contributed by atoms with Crippen LogP contribution in [0.3, 0.4) is 0 Å². The van der Waals surface area contributed by atoms with E-state index in [1.807, 2.05) is 13.8 Å². The fourth-order valence-electron chi connectivity index (χ4n) is 3.96. The van der Waals surface area contributed by atoms with Crippen molar-refractivity contribution < 1.29 is 9.53 Å². The number of ether oxygens (including phenoxy) is 1. The third-order valence-electron chi connectivity index (χ3n) is 6.52. The molecule has 1 aliphatic heterocycles. The molecule has 0 aliphatic carbocycles. The molecule has 1 amide bonds. The zero-order chi connectivity index (χ0) is 27.1. The van der Waals surface area contributed by atoms with Gasteiger partial charge in [-0.1, -0.05) is 63.8 Å². The number of hydrogen-bond donors (Lipinski definition) is 1. The van der Waals surface area contributed by atoms with E-state index in [1.165, 1.54) is 16.8 Å². The van der Waals surface area contributed by atoms with Crippen molar-refractivity contribution in [2.24, 2.45) is 11.8 Å². The SMILES string of the molecule is C=C(C)/C(=C\[C@H](C/C=C\CC)/C(=C/N(CC)C(C)=O)CC1=C(C)NCC=C1)OC(C)[C@@H](C)/C=C\CC. The number of nitrogens with one attached hydrogen (secondary N) is 1. The van der Waals surface area contributed by atoms with Gasteiger partial charge in [0.25, 0.3) is 0 Å². The van der Waals surface area contributed by atoms with Crippen molar-refractivity contribution >= 4 is 5.91 Å². The lowest BCUT2D eigenvalue weighted by Gasteiger charge is -2.26. The fraction of sp³-hybridized carbons (Fsp3) is 0.531. The summed E-state index contributed by atoms with van der Waals surface area (Å²) in [6.07, 6.45) is 21.1. The summed E-state index contributed by atoms with van der Waals surface area (Å²) in [5, 5.41) is 3.44. The molecule has 4 heteroatoms. The summed E-state index contributed by atoms with van der Waals surface area (Å²) in [7, 11) is 0. The van der Waals surface area contributed by atoms with Gasteiger partial charge in [0, 0.05) is 43.7 Å². The average molecular weight is 495 g/mol. The second-order valence-corrected chi connectivity index (χ2v) is 9.67. The molecule has 3 atom stereocenters. The lowest BCUT2D eigenvalue weighted by Crippen LogP contribution is -2.24. The Morgan fingerprint density at radius 3 is 2.42 bits per heavy atom. The highest BCUT2D eigenvalue weighted by Gasteiger charge is 2.20. The molecule has 1 rings (SSSR count). The zero-order valence-electron chi connectivity index (χ0n) is 24.1. The maximum atomic E-state index is 12.4. The van der Waals surface area contributed by atoms with E-state index in [2.05, 4.69) is 95.2 Å². The van der Waals surface area contributed by atoms with E-state index in [9.17, 15) is 4.79 Å². The van der Waals surface area contributed by atoms with Gasteiger partial charge < -0.3 is 15.0 Å². The van der Waals surface area contributed by atoms with Gasteiger partial charge >= 0.3 is 0 Å². The van der Waals surface area contributed by atoms with Crippen LogP contribution in [0, 0.1) is 11.8 Å². The van der Waals surface area contributed by atoms with E-state index in [0.717, 1.165) is 43.6 Å². The number of amides is 1. The zero-order valence-corrected chi connectivity index (χ0v) is 24.1. The Morgan fingerprint density at radius 1 is 1.17 bits per heavy atom. The van der Waals surface area contributed by atoms with E-state index in [-0.39, 0.29) is 17.9 Å². The molecule has 0 saturated heterocycles. The van der Waals surface area contributed by atoms with E-state index in [4.69, 9.17) is 4.74 Å². The molecule has 1 aliphatic rings. The van der Waals surface area contributed by atoms with Gasteiger partial charge in [-0.3, -0.25) is 4.79 Å². The van der Waals surface area contributed by atoms with Gasteiger partial charge in [-0.25, -0.2) is 0 Å². The number of hydrogen-bond acceptors (Lipinski definition) is 3. The van der Waals surface area contributed by atoms with Crippen LogP contribution in [0.1, 0.15) is 81.1 Å². The normalized spacial score (nSPS) is 17.3. The predicted molar refractivity (Wildman–Crippen MR) is 155 cm³/mol. The van der Waals surface area contributed by atoms with Crippen LogP contribution >= 0.6 is 0 Å². The number of dihydropyridines is 1. The molecule has 0 aromatic carbocycles. The molecule has 4 nitrogen and oxygen atoms in total. The number of carbonyl (C=O) groups is 1. The summed E-state index contributed by atoms with van der Waals surface area (Å²) in [4.78, 5) is 14.2. The van der Waals surface area contributed by atoms with Crippen LogP contribution in [0.2, 0.25) is 0 Å². The Balaban J connectivity index is 3.53. The molecular weight excluding hydrogens is 444 g/mol. The molecule has 0 fully saturated rings. The third kappa shape index (κ3) is 10.9. The summed E-state index contributed by atoms with van der Waals surface area (Å²) in [5.74, 6) is 1.23. The Morgan fingerprint density at radius 2 is 1.86 bits per heavy atom. The van der Waals surface area contributed by atoms with E-state index < -0.39 is 0 Å². The molecule has 0 radical (unpaired) electrons. The third-order valence-corrected chi connectivity index (χ3v) is 6.52. The second-order valence-electron chi connectivity index (χ2n) is 9.67. The van der Waals surface area contributed by atoms with Crippen molar-refractivity contribution in [2.75, 3.05) is 13.1 Å². The topological polar surface area (TPSA) is 41.6 Å². The predicted octanol–water partition coefficient (Wildman–Crippen LogP) is 8.00. The monoisotopic (exact) mass is 494 g/mol. The lowest BCUT2D eigenvalue weighted by atomic mass is 9.88. The van der Waals surface area contributed by atoms with Gasteiger partial charge in [0.15, 0.2) is 0 Å². The van der Waals surface area contributed by atoms with Crippen LogP contribution in [0.5, 0.6) is 0 Å². The fourth-order valence-corrected chi connectivity index (χ4v) is 3.96. The summed E-state index contributed by atoms with van der Waals surface area (Å²) in [6.45, 7) is 22.1. The Labute approximate surface area is 221 Å². The number of nitrogens with zero attached hydrogens (tertiary/aromatic N) is 1. The van der Waals surface area contributed by atoms with Crippen molar-refractivity contribution in [2.45, 2.75) is 87.2 Å². The highest BCUT2D eigenvalue weighted by Crippen LogP contribution is 2.30. The van der Waals surface area contributed by atoms with Crippen LogP contribution in [0.4, 0.5) is 0 Å². The van der Waals surface area contributed by atoms with Crippen molar-refractivity contribution in [3.8, 4) is 0 Å². The largest absolute Gasteiger partial charge is 0.490 e. The molecule has 1 heterocycles. The van der Waals surface area contributed by atoms with Crippen LogP contribution < -0.4 is 5.32 Å². The standard InChI is InChI=1S/C32H50N2O2/c1-10-13-15-18-30(22-32(24(4)5)36-27(8)25(6)17-14-11-2)31(23-34(12-3)28(9)35)21-29-19-16-20-33-26(29)7/h13-17,19,22-23,25,27,30,33H,4,10-12,18,20-21H2,1-3,5-9H3/b15-13-,17-14-,31-23+,32-22+/t25-,27?,30-/m0/s1. The molecule has 0 aromatic heterocycles. The van der Waals surface area contributed by atoms with E-state index in [1.54, 1.807) is 11.8 Å². The van der Waals surface area contributed by atoms with Gasteiger partial charge in [-0.05, 0) is 76.2 Å². The number of allylic oxidation sites excluding steroid dienone is 9. The lowest BCUT2D eigenvalue weighted by molar-refractivity contribution is -0.126. The van der Waals surface area contributed by atoms with Crippen molar-refractivity contribution in [1.82, 2.24) is 10.2 Å². The second kappa shape index (κ2) is 16.8. The summed E-state index contributed by atoms with van der Waals surface area (Å²) >= 11 is 0. The van der Waals surface area contributed by atoms with E-state index in [0.29, 0.717) is 12.5 Å². The van der Waals surface area contributed by atoms with Crippen LogP contribution in [-0.2, 0) is 9.53 Å². The molecule has 0 bridgehead atoms. The van der Waals surface area contributed by atoms with Gasteiger partial charge in [0.2, 0.25) is 5.91 Å². The van der Waals surface area contributed by atoms with Gasteiger partial charge in [-0.2, -0.15) is 0 Å².